The summed E-state index contributed by atoms with van der Waals surface area (Å²) in [5, 5.41) is 2.85. The van der Waals surface area contributed by atoms with Crippen LogP contribution in [0.15, 0.2) is 41.3 Å². The van der Waals surface area contributed by atoms with Crippen LogP contribution in [0.5, 0.6) is 11.5 Å². The van der Waals surface area contributed by atoms with Crippen molar-refractivity contribution in [3.63, 3.8) is 0 Å². The molecule has 0 aliphatic carbocycles. The molecule has 0 radical (unpaired) electrons. The third-order valence-electron chi connectivity index (χ3n) is 6.19. The minimum Gasteiger partial charge on any atom is -0.486 e. The first-order chi connectivity index (χ1) is 15.8. The number of hydrogen-bond donors (Lipinski definition) is 1. The summed E-state index contributed by atoms with van der Waals surface area (Å²) in [4.78, 5) is 27.2. The van der Waals surface area contributed by atoms with Gasteiger partial charge in [0.2, 0.25) is 21.8 Å². The smallest absolute Gasteiger partial charge is 0.247 e. The van der Waals surface area contributed by atoms with Crippen molar-refractivity contribution in [2.24, 2.45) is 0 Å². The summed E-state index contributed by atoms with van der Waals surface area (Å²) in [5.74, 6) is 0.520. The highest BCUT2D eigenvalue weighted by Gasteiger charge is 2.38. The van der Waals surface area contributed by atoms with Crippen LogP contribution >= 0.6 is 0 Å². The molecule has 0 bridgehead atoms. The van der Waals surface area contributed by atoms with Crippen LogP contribution in [0.4, 0.5) is 11.4 Å². The van der Waals surface area contributed by atoms with Gasteiger partial charge in [0.25, 0.3) is 0 Å². The van der Waals surface area contributed by atoms with Crippen LogP contribution in [-0.2, 0) is 26.0 Å². The molecule has 0 aromatic heterocycles. The van der Waals surface area contributed by atoms with E-state index in [0.717, 1.165) is 12.8 Å². The number of hydrogen-bond acceptors (Lipinski definition) is 6. The van der Waals surface area contributed by atoms with E-state index in [1.807, 2.05) is 0 Å². The summed E-state index contributed by atoms with van der Waals surface area (Å²) >= 11 is 0. The lowest BCUT2D eigenvalue weighted by Crippen LogP contribution is -2.44. The van der Waals surface area contributed by atoms with Gasteiger partial charge < -0.3 is 14.8 Å². The van der Waals surface area contributed by atoms with E-state index >= 15 is 0 Å². The molecule has 1 N–H and O–H groups in total. The third-order valence-corrected chi connectivity index (χ3v) is 8.08. The summed E-state index contributed by atoms with van der Waals surface area (Å²) in [6, 6.07) is 9.08. The second kappa shape index (κ2) is 8.35. The van der Waals surface area contributed by atoms with Gasteiger partial charge in [-0.1, -0.05) is 0 Å². The van der Waals surface area contributed by atoms with Crippen LogP contribution in [0.25, 0.3) is 0 Å². The van der Waals surface area contributed by atoms with Gasteiger partial charge in [-0.2, -0.15) is 4.31 Å². The Kier molecular flexibility index (Phi) is 5.49. The van der Waals surface area contributed by atoms with Gasteiger partial charge in [0.15, 0.2) is 11.5 Å². The van der Waals surface area contributed by atoms with Crippen molar-refractivity contribution < 1.29 is 27.5 Å². The first-order valence-electron chi connectivity index (χ1n) is 11.0. The molecule has 5 rings (SSSR count). The van der Waals surface area contributed by atoms with Crippen molar-refractivity contribution in [1.82, 2.24) is 4.31 Å². The van der Waals surface area contributed by atoms with Crippen molar-refractivity contribution >= 4 is 33.2 Å². The maximum atomic E-state index is 13.2. The van der Waals surface area contributed by atoms with Crippen LogP contribution in [0.3, 0.4) is 0 Å². The van der Waals surface area contributed by atoms with E-state index in [2.05, 4.69) is 5.32 Å². The Morgan fingerprint density at radius 3 is 2.45 bits per heavy atom. The lowest BCUT2D eigenvalue weighted by molar-refractivity contribution is -0.122. The average Bonchev–Trinajstić information content (AvgIpc) is 3.47. The van der Waals surface area contributed by atoms with Crippen LogP contribution in [-0.4, -0.2) is 56.9 Å². The van der Waals surface area contributed by atoms with Crippen molar-refractivity contribution in [1.29, 1.82) is 0 Å². The lowest BCUT2D eigenvalue weighted by atomic mass is 10.1. The molecule has 2 aromatic rings. The monoisotopic (exact) mass is 471 g/mol. The molecule has 3 heterocycles. The number of nitrogens with one attached hydrogen (secondary N) is 1. The number of amides is 2. The molecule has 3 aliphatic heterocycles. The van der Waals surface area contributed by atoms with Gasteiger partial charge in [-0.25, -0.2) is 8.42 Å². The Morgan fingerprint density at radius 2 is 1.73 bits per heavy atom. The number of nitrogens with zero attached hydrogens (tertiary/aromatic N) is 2. The summed E-state index contributed by atoms with van der Waals surface area (Å²) in [6.45, 7) is 3.33. The molecule has 10 heteroatoms. The fourth-order valence-electron chi connectivity index (χ4n) is 4.61. The molecule has 9 nitrogen and oxygen atoms in total. The lowest BCUT2D eigenvalue weighted by Gasteiger charge is -2.24. The molecule has 0 spiro atoms. The molecular weight excluding hydrogens is 446 g/mol. The minimum atomic E-state index is -3.59. The number of benzene rings is 2. The highest BCUT2D eigenvalue weighted by molar-refractivity contribution is 7.89. The zero-order valence-electron chi connectivity index (χ0n) is 18.2. The quantitative estimate of drug-likeness (QED) is 0.733. The van der Waals surface area contributed by atoms with Crippen LogP contribution in [0.2, 0.25) is 0 Å². The number of sulfonamides is 1. The van der Waals surface area contributed by atoms with Gasteiger partial charge in [0.1, 0.15) is 19.3 Å². The van der Waals surface area contributed by atoms with E-state index in [4.69, 9.17) is 9.47 Å². The molecule has 2 aromatic carbocycles. The van der Waals surface area contributed by atoms with E-state index in [1.54, 1.807) is 30.3 Å². The topological polar surface area (TPSA) is 105 Å². The molecule has 174 valence electrons. The van der Waals surface area contributed by atoms with Gasteiger partial charge >= 0.3 is 0 Å². The zero-order chi connectivity index (χ0) is 23.2. The first kappa shape index (κ1) is 21.7. The maximum absolute atomic E-state index is 13.2. The Bertz CT molecular complexity index is 1220. The molecule has 1 fully saturated rings. The molecule has 0 unspecified atom stereocenters. The maximum Gasteiger partial charge on any atom is 0.247 e. The molecule has 0 saturated carbocycles. The van der Waals surface area contributed by atoms with Gasteiger partial charge in [-0.3, -0.25) is 14.5 Å². The standard InChI is InChI=1S/C23H25N3O6S/c1-15(27)26-19-6-5-18(33(29,30)25-8-2-3-9-25)12-16(19)13-20(26)23(28)24-17-4-7-21-22(14-17)32-11-10-31-21/h4-7,12,14,20H,2-3,8-11,13H2,1H3,(H,24,28)/t20-/m1/s1. The molecular formula is C23H25N3O6S. The molecule has 2 amide bonds. The van der Waals surface area contributed by atoms with Gasteiger partial charge in [0, 0.05) is 43.9 Å². The molecule has 33 heavy (non-hydrogen) atoms. The number of anilines is 2. The normalized spacial score (nSPS) is 19.9. The van der Waals surface area contributed by atoms with Crippen molar-refractivity contribution in [2.75, 3.05) is 36.5 Å². The Hall–Kier alpha value is -3.11. The predicted molar refractivity (Wildman–Crippen MR) is 121 cm³/mol. The van der Waals surface area contributed by atoms with Crippen LogP contribution in [0.1, 0.15) is 25.3 Å². The van der Waals surface area contributed by atoms with Crippen LogP contribution in [0, 0.1) is 0 Å². The van der Waals surface area contributed by atoms with E-state index in [0.29, 0.717) is 54.7 Å². The number of ether oxygens (including phenoxy) is 2. The molecule has 1 saturated heterocycles. The van der Waals surface area contributed by atoms with Crippen molar-refractivity contribution in [3.05, 3.63) is 42.0 Å². The SMILES string of the molecule is CC(=O)N1c2ccc(S(=O)(=O)N3CCCC3)cc2C[C@@H]1C(=O)Nc1ccc2c(c1)OCCO2. The molecule has 3 aliphatic rings. The Morgan fingerprint density at radius 1 is 1.00 bits per heavy atom. The highest BCUT2D eigenvalue weighted by Crippen LogP contribution is 2.37. The molecule has 1 atom stereocenters. The van der Waals surface area contributed by atoms with E-state index < -0.39 is 16.1 Å². The number of carbonyl (C=O) groups is 2. The first-order valence-corrected chi connectivity index (χ1v) is 12.4. The fraction of sp³-hybridized carbons (Fsp3) is 0.391. The van der Waals surface area contributed by atoms with Gasteiger partial charge in [-0.15, -0.1) is 0 Å². The van der Waals surface area contributed by atoms with Crippen LogP contribution < -0.4 is 19.7 Å². The minimum absolute atomic E-state index is 0.194. The van der Waals surface area contributed by atoms with Gasteiger partial charge in [0.05, 0.1) is 4.90 Å². The third kappa shape index (κ3) is 3.93. The van der Waals surface area contributed by atoms with E-state index in [-0.39, 0.29) is 23.1 Å². The average molecular weight is 472 g/mol. The highest BCUT2D eigenvalue weighted by atomic mass is 32.2. The van der Waals surface area contributed by atoms with E-state index in [1.165, 1.54) is 22.2 Å². The Balaban J connectivity index is 1.39. The summed E-state index contributed by atoms with van der Waals surface area (Å²) in [7, 11) is -3.59. The largest absolute Gasteiger partial charge is 0.486 e. The Labute approximate surface area is 192 Å². The second-order valence-corrected chi connectivity index (χ2v) is 10.3. The predicted octanol–water partition coefficient (Wildman–Crippen LogP) is 2.16. The number of fused-ring (bicyclic) bond motifs is 2. The van der Waals surface area contributed by atoms with Crippen molar-refractivity contribution in [3.8, 4) is 11.5 Å². The zero-order valence-corrected chi connectivity index (χ0v) is 19.1. The van der Waals surface area contributed by atoms with E-state index in [9.17, 15) is 18.0 Å². The number of rotatable bonds is 4. The van der Waals surface area contributed by atoms with Gasteiger partial charge in [-0.05, 0) is 48.7 Å². The fourth-order valence-corrected chi connectivity index (χ4v) is 6.18. The number of carbonyl (C=O) groups excluding carboxylic acids is 2. The second-order valence-electron chi connectivity index (χ2n) is 8.36. The summed E-state index contributed by atoms with van der Waals surface area (Å²) in [6.07, 6.45) is 1.93. The van der Waals surface area contributed by atoms with Crippen molar-refractivity contribution in [2.45, 2.75) is 37.1 Å². The summed E-state index contributed by atoms with van der Waals surface area (Å²) < 4.78 is 38.5. The summed E-state index contributed by atoms with van der Waals surface area (Å²) in [5.41, 5.74) is 1.75.